The van der Waals surface area contributed by atoms with E-state index in [1.54, 1.807) is 0 Å². The third-order valence-corrected chi connectivity index (χ3v) is 3.12. The van der Waals surface area contributed by atoms with Crippen LogP contribution in [0.15, 0.2) is 34.7 Å². The number of nitrogens with two attached hydrogens (primary N) is 1. The number of hydrogen-bond acceptors (Lipinski definition) is 3. The fourth-order valence-electron chi connectivity index (χ4n) is 1.74. The quantitative estimate of drug-likeness (QED) is 0.901. The molecule has 0 atom stereocenters. The zero-order valence-corrected chi connectivity index (χ0v) is 11.0. The van der Waals surface area contributed by atoms with Gasteiger partial charge in [0.05, 0.1) is 6.61 Å². The Morgan fingerprint density at radius 3 is 2.67 bits per heavy atom. The molecule has 2 N–H and O–H groups in total. The van der Waals surface area contributed by atoms with E-state index in [-0.39, 0.29) is 0 Å². The minimum atomic E-state index is 0.423. The molecule has 96 valence electrons. The Morgan fingerprint density at radius 1 is 1.22 bits per heavy atom. The standard InChI is InChI=1S/C14H16ClNO2/c1-10-12(7-16)6-13(18-10)9-17-8-11-4-2-3-5-14(11)15/h2-6H,7-9,16H2,1H3. The summed E-state index contributed by atoms with van der Waals surface area (Å²) >= 11 is 6.04. The van der Waals surface area contributed by atoms with Crippen LogP contribution in [0.5, 0.6) is 0 Å². The van der Waals surface area contributed by atoms with Gasteiger partial charge in [-0.25, -0.2) is 0 Å². The fraction of sp³-hybridized carbons (Fsp3) is 0.286. The fourth-order valence-corrected chi connectivity index (χ4v) is 1.93. The van der Waals surface area contributed by atoms with Gasteiger partial charge in [0, 0.05) is 17.1 Å². The molecule has 0 radical (unpaired) electrons. The summed E-state index contributed by atoms with van der Waals surface area (Å²) < 4.78 is 11.1. The molecular formula is C14H16ClNO2. The van der Waals surface area contributed by atoms with Crippen LogP contribution in [0.3, 0.4) is 0 Å². The maximum Gasteiger partial charge on any atom is 0.130 e. The van der Waals surface area contributed by atoms with E-state index < -0.39 is 0 Å². The zero-order valence-electron chi connectivity index (χ0n) is 10.3. The van der Waals surface area contributed by atoms with Crippen LogP contribution in [-0.2, 0) is 24.5 Å². The van der Waals surface area contributed by atoms with Crippen molar-refractivity contribution in [3.63, 3.8) is 0 Å². The van der Waals surface area contributed by atoms with Gasteiger partial charge in [-0.05, 0) is 24.6 Å². The number of hydrogen-bond donors (Lipinski definition) is 1. The van der Waals surface area contributed by atoms with Gasteiger partial charge in [0.25, 0.3) is 0 Å². The van der Waals surface area contributed by atoms with E-state index in [1.165, 1.54) is 0 Å². The van der Waals surface area contributed by atoms with Crippen LogP contribution < -0.4 is 5.73 Å². The highest BCUT2D eigenvalue weighted by atomic mass is 35.5. The van der Waals surface area contributed by atoms with Gasteiger partial charge in [-0.1, -0.05) is 29.8 Å². The van der Waals surface area contributed by atoms with Gasteiger partial charge in [-0.2, -0.15) is 0 Å². The molecule has 3 nitrogen and oxygen atoms in total. The Kier molecular flexibility index (Phi) is 4.42. The molecule has 2 aromatic rings. The normalized spacial score (nSPS) is 10.8. The summed E-state index contributed by atoms with van der Waals surface area (Å²) in [4.78, 5) is 0. The minimum absolute atomic E-state index is 0.423. The molecule has 0 amide bonds. The summed E-state index contributed by atoms with van der Waals surface area (Å²) in [5, 5.41) is 0.718. The Balaban J connectivity index is 1.90. The second kappa shape index (κ2) is 6.05. The highest BCUT2D eigenvalue weighted by Crippen LogP contribution is 2.18. The van der Waals surface area contributed by atoms with Crippen molar-refractivity contribution < 1.29 is 9.15 Å². The van der Waals surface area contributed by atoms with Gasteiger partial charge in [-0.15, -0.1) is 0 Å². The lowest BCUT2D eigenvalue weighted by Crippen LogP contribution is -1.95. The molecule has 0 aliphatic carbocycles. The molecule has 0 unspecified atom stereocenters. The Hall–Kier alpha value is -1.29. The van der Waals surface area contributed by atoms with Gasteiger partial charge < -0.3 is 14.9 Å². The van der Waals surface area contributed by atoms with Gasteiger partial charge >= 0.3 is 0 Å². The Labute approximate surface area is 111 Å². The second-order valence-electron chi connectivity index (χ2n) is 4.08. The largest absolute Gasteiger partial charge is 0.464 e. The number of ether oxygens (including phenoxy) is 1. The van der Waals surface area contributed by atoms with Crippen molar-refractivity contribution in [2.24, 2.45) is 5.73 Å². The minimum Gasteiger partial charge on any atom is -0.464 e. The first-order valence-corrected chi connectivity index (χ1v) is 6.18. The van der Waals surface area contributed by atoms with E-state index in [4.69, 9.17) is 26.5 Å². The monoisotopic (exact) mass is 265 g/mol. The van der Waals surface area contributed by atoms with Gasteiger partial charge in [0.15, 0.2) is 0 Å². The SMILES string of the molecule is Cc1oc(COCc2ccccc2Cl)cc1CN. The van der Waals surface area contributed by atoms with Crippen LogP contribution in [0.25, 0.3) is 0 Å². The van der Waals surface area contributed by atoms with Crippen LogP contribution in [0.1, 0.15) is 22.6 Å². The number of halogens is 1. The van der Waals surface area contributed by atoms with E-state index in [0.717, 1.165) is 27.7 Å². The third-order valence-electron chi connectivity index (χ3n) is 2.75. The summed E-state index contributed by atoms with van der Waals surface area (Å²) in [7, 11) is 0. The molecule has 4 heteroatoms. The summed E-state index contributed by atoms with van der Waals surface area (Å²) in [6.07, 6.45) is 0. The van der Waals surface area contributed by atoms with Gasteiger partial charge in [0.2, 0.25) is 0 Å². The molecule has 0 bridgehead atoms. The van der Waals surface area contributed by atoms with E-state index >= 15 is 0 Å². The molecule has 0 saturated carbocycles. The average molecular weight is 266 g/mol. The Morgan fingerprint density at radius 2 is 2.00 bits per heavy atom. The zero-order chi connectivity index (χ0) is 13.0. The molecule has 1 aromatic heterocycles. The maximum absolute atomic E-state index is 6.04. The van der Waals surface area contributed by atoms with Crippen molar-refractivity contribution in [3.8, 4) is 0 Å². The number of benzene rings is 1. The summed E-state index contributed by atoms with van der Waals surface area (Å²) in [5.74, 6) is 1.65. The first-order valence-electron chi connectivity index (χ1n) is 5.80. The maximum atomic E-state index is 6.04. The van der Waals surface area contributed by atoms with Crippen molar-refractivity contribution in [2.75, 3.05) is 0 Å². The van der Waals surface area contributed by atoms with E-state index in [0.29, 0.717) is 19.8 Å². The summed E-state index contributed by atoms with van der Waals surface area (Å²) in [5.41, 5.74) is 7.58. The first kappa shape index (κ1) is 13.1. The lowest BCUT2D eigenvalue weighted by atomic mass is 10.2. The van der Waals surface area contributed by atoms with Crippen molar-refractivity contribution in [1.29, 1.82) is 0 Å². The number of rotatable bonds is 5. The lowest BCUT2D eigenvalue weighted by Gasteiger charge is -2.04. The van der Waals surface area contributed by atoms with Crippen LogP contribution in [0, 0.1) is 6.92 Å². The van der Waals surface area contributed by atoms with E-state index in [9.17, 15) is 0 Å². The second-order valence-corrected chi connectivity index (χ2v) is 4.49. The number of aryl methyl sites for hydroxylation is 1. The van der Waals surface area contributed by atoms with Gasteiger partial charge in [0.1, 0.15) is 18.1 Å². The predicted octanol–water partition coefficient (Wildman–Crippen LogP) is 3.42. The highest BCUT2D eigenvalue weighted by Gasteiger charge is 2.06. The molecule has 1 heterocycles. The van der Waals surface area contributed by atoms with Crippen molar-refractivity contribution >= 4 is 11.6 Å². The Bertz CT molecular complexity index is 522. The molecule has 0 spiro atoms. The molecule has 18 heavy (non-hydrogen) atoms. The average Bonchev–Trinajstić information content (AvgIpc) is 2.72. The van der Waals surface area contributed by atoms with Crippen LogP contribution in [0.4, 0.5) is 0 Å². The van der Waals surface area contributed by atoms with E-state index in [2.05, 4.69) is 0 Å². The molecule has 0 fully saturated rings. The molecule has 0 saturated heterocycles. The molecular weight excluding hydrogens is 250 g/mol. The van der Waals surface area contributed by atoms with Crippen LogP contribution in [-0.4, -0.2) is 0 Å². The lowest BCUT2D eigenvalue weighted by molar-refractivity contribution is 0.0924. The number of furan rings is 1. The predicted molar refractivity (Wildman–Crippen MR) is 71.3 cm³/mol. The van der Waals surface area contributed by atoms with Crippen molar-refractivity contribution in [1.82, 2.24) is 0 Å². The van der Waals surface area contributed by atoms with Crippen molar-refractivity contribution in [2.45, 2.75) is 26.7 Å². The molecule has 0 aliphatic heterocycles. The summed E-state index contributed by atoms with van der Waals surface area (Å²) in [6.45, 7) is 3.28. The molecule has 0 aliphatic rings. The van der Waals surface area contributed by atoms with E-state index in [1.807, 2.05) is 37.3 Å². The first-order chi connectivity index (χ1) is 8.70. The third kappa shape index (κ3) is 3.13. The van der Waals surface area contributed by atoms with Gasteiger partial charge in [-0.3, -0.25) is 0 Å². The smallest absolute Gasteiger partial charge is 0.130 e. The van der Waals surface area contributed by atoms with Crippen LogP contribution >= 0.6 is 11.6 Å². The van der Waals surface area contributed by atoms with Crippen molar-refractivity contribution in [3.05, 3.63) is 58.0 Å². The van der Waals surface area contributed by atoms with Crippen LogP contribution in [0.2, 0.25) is 5.02 Å². The molecule has 1 aromatic carbocycles. The highest BCUT2D eigenvalue weighted by molar-refractivity contribution is 6.31. The molecule has 2 rings (SSSR count). The summed E-state index contributed by atoms with van der Waals surface area (Å²) in [6, 6.07) is 9.57. The topological polar surface area (TPSA) is 48.4 Å².